The van der Waals surface area contributed by atoms with Gasteiger partial charge in [-0.25, -0.2) is 0 Å². The van der Waals surface area contributed by atoms with Gasteiger partial charge in [0.05, 0.1) is 11.6 Å². The lowest BCUT2D eigenvalue weighted by atomic mass is 9.95. The summed E-state index contributed by atoms with van der Waals surface area (Å²) >= 11 is 3.47. The molecule has 1 saturated heterocycles. The molecule has 0 bridgehead atoms. The van der Waals surface area contributed by atoms with Crippen LogP contribution in [-0.2, 0) is 9.59 Å². The first-order valence-corrected chi connectivity index (χ1v) is 15.4. The SMILES string of the molecule is CCCCCCCCCCCCCCCCN1C(=O)C(=O)/C(=C(/O)c2ccccc2)[C@H]1c1ccc(Br)cc1. The molecular weight excluding hydrogens is 538 g/mol. The van der Waals surface area contributed by atoms with E-state index < -0.39 is 17.7 Å². The minimum atomic E-state index is -0.607. The predicted octanol–water partition coefficient (Wildman–Crippen LogP) is 9.35. The lowest BCUT2D eigenvalue weighted by molar-refractivity contribution is -0.139. The highest BCUT2D eigenvalue weighted by Crippen LogP contribution is 2.39. The fourth-order valence-corrected chi connectivity index (χ4v) is 5.59. The quantitative estimate of drug-likeness (QED) is 0.0875. The number of nitrogens with zero attached hydrogens (tertiary/aromatic N) is 1. The molecule has 206 valence electrons. The average Bonchev–Trinajstić information content (AvgIpc) is 3.18. The molecule has 1 atom stereocenters. The van der Waals surface area contributed by atoms with Gasteiger partial charge in [-0.15, -0.1) is 0 Å². The Bertz CT molecular complexity index is 1030. The molecule has 5 heteroatoms. The Labute approximate surface area is 237 Å². The van der Waals surface area contributed by atoms with Gasteiger partial charge in [0.25, 0.3) is 11.7 Å². The van der Waals surface area contributed by atoms with Crippen molar-refractivity contribution in [3.05, 3.63) is 75.8 Å². The normalized spacial score (nSPS) is 16.9. The number of benzene rings is 2. The third-order valence-electron chi connectivity index (χ3n) is 7.53. The Morgan fingerprint density at radius 2 is 1.24 bits per heavy atom. The largest absolute Gasteiger partial charge is 0.507 e. The van der Waals surface area contributed by atoms with Gasteiger partial charge in [0, 0.05) is 16.6 Å². The number of carbonyl (C=O) groups excluding carboxylic acids is 2. The van der Waals surface area contributed by atoms with Crippen molar-refractivity contribution in [2.75, 3.05) is 6.54 Å². The Morgan fingerprint density at radius 1 is 0.737 bits per heavy atom. The molecule has 1 fully saturated rings. The summed E-state index contributed by atoms with van der Waals surface area (Å²) < 4.78 is 0.924. The standard InChI is InChI=1S/C33H44BrNO3/c1-2-3-4-5-6-7-8-9-10-11-12-13-14-18-25-35-30(26-21-23-28(34)24-22-26)29(32(37)33(35)38)31(36)27-19-16-15-17-20-27/h15-17,19-24,30,36H,2-14,18,25H2,1H3/b31-29+/t30-/m1/s1. The highest BCUT2D eigenvalue weighted by atomic mass is 79.9. The van der Waals surface area contributed by atoms with Crippen molar-refractivity contribution in [1.82, 2.24) is 4.90 Å². The summed E-state index contributed by atoms with van der Waals surface area (Å²) in [4.78, 5) is 27.9. The number of aliphatic hydroxyl groups is 1. The van der Waals surface area contributed by atoms with Crippen molar-refractivity contribution in [2.45, 2.75) is 103 Å². The van der Waals surface area contributed by atoms with Crippen LogP contribution < -0.4 is 0 Å². The Kier molecular flexibility index (Phi) is 13.1. The summed E-state index contributed by atoms with van der Waals surface area (Å²) in [5.41, 5.74) is 1.55. The number of unbranched alkanes of at least 4 members (excludes halogenated alkanes) is 13. The number of amides is 1. The van der Waals surface area contributed by atoms with Gasteiger partial charge in [-0.2, -0.15) is 0 Å². The summed E-state index contributed by atoms with van der Waals surface area (Å²) in [6.07, 6.45) is 17.8. The lowest BCUT2D eigenvalue weighted by Crippen LogP contribution is -2.30. The maximum atomic E-state index is 13.1. The first-order valence-electron chi connectivity index (χ1n) is 14.6. The topological polar surface area (TPSA) is 57.6 Å². The Hall–Kier alpha value is -2.40. The summed E-state index contributed by atoms with van der Waals surface area (Å²) in [7, 11) is 0. The van der Waals surface area contributed by atoms with Crippen LogP contribution in [0.3, 0.4) is 0 Å². The molecule has 0 aromatic heterocycles. The summed E-state index contributed by atoms with van der Waals surface area (Å²) in [6.45, 7) is 2.77. The molecule has 0 aliphatic carbocycles. The maximum Gasteiger partial charge on any atom is 0.295 e. The zero-order valence-corrected chi connectivity index (χ0v) is 24.6. The van der Waals surface area contributed by atoms with Crippen molar-refractivity contribution >= 4 is 33.4 Å². The number of hydrogen-bond donors (Lipinski definition) is 1. The van der Waals surface area contributed by atoms with E-state index in [0.29, 0.717) is 12.1 Å². The van der Waals surface area contributed by atoms with Crippen molar-refractivity contribution < 1.29 is 14.7 Å². The number of likely N-dealkylation sites (tertiary alicyclic amines) is 1. The van der Waals surface area contributed by atoms with E-state index in [2.05, 4.69) is 22.9 Å². The number of hydrogen-bond acceptors (Lipinski definition) is 3. The molecule has 3 rings (SSSR count). The molecular formula is C33H44BrNO3. The molecule has 0 radical (unpaired) electrons. The lowest BCUT2D eigenvalue weighted by Gasteiger charge is -2.25. The second-order valence-electron chi connectivity index (χ2n) is 10.5. The number of carbonyl (C=O) groups is 2. The van der Waals surface area contributed by atoms with Gasteiger partial charge in [-0.1, -0.05) is 149 Å². The molecule has 2 aromatic carbocycles. The van der Waals surface area contributed by atoms with E-state index in [4.69, 9.17) is 0 Å². The van der Waals surface area contributed by atoms with Crippen LogP contribution >= 0.6 is 15.9 Å². The van der Waals surface area contributed by atoms with Gasteiger partial charge < -0.3 is 10.0 Å². The van der Waals surface area contributed by atoms with Crippen LogP contribution in [0, 0.1) is 0 Å². The fourth-order valence-electron chi connectivity index (χ4n) is 5.33. The second-order valence-corrected chi connectivity index (χ2v) is 11.4. The second kappa shape index (κ2) is 16.5. The molecule has 1 heterocycles. The number of halogens is 1. The molecule has 1 N–H and O–H groups in total. The number of aliphatic hydroxyl groups excluding tert-OH is 1. The van der Waals surface area contributed by atoms with Crippen molar-refractivity contribution in [3.8, 4) is 0 Å². The van der Waals surface area contributed by atoms with Crippen molar-refractivity contribution in [2.24, 2.45) is 0 Å². The number of ketones is 1. The predicted molar refractivity (Wildman–Crippen MR) is 160 cm³/mol. The number of Topliss-reactive ketones (excluding diaryl/α,β-unsaturated/α-hetero) is 1. The van der Waals surface area contributed by atoms with E-state index in [1.165, 1.54) is 70.6 Å². The summed E-state index contributed by atoms with van der Waals surface area (Å²) in [5, 5.41) is 11.1. The molecule has 0 saturated carbocycles. The van der Waals surface area contributed by atoms with Crippen molar-refractivity contribution in [3.63, 3.8) is 0 Å². The van der Waals surface area contributed by atoms with Gasteiger partial charge in [-0.05, 0) is 24.1 Å². The minimum Gasteiger partial charge on any atom is -0.507 e. The molecule has 0 unspecified atom stereocenters. The van der Waals surface area contributed by atoms with Crippen LogP contribution in [0.15, 0.2) is 64.6 Å². The van der Waals surface area contributed by atoms with Gasteiger partial charge >= 0.3 is 0 Å². The fraction of sp³-hybridized carbons (Fsp3) is 0.515. The van der Waals surface area contributed by atoms with Crippen LogP contribution in [0.25, 0.3) is 5.76 Å². The third kappa shape index (κ3) is 8.83. The van der Waals surface area contributed by atoms with E-state index in [9.17, 15) is 14.7 Å². The highest BCUT2D eigenvalue weighted by Gasteiger charge is 2.45. The van der Waals surface area contributed by atoms with Crippen LogP contribution in [0.4, 0.5) is 0 Å². The van der Waals surface area contributed by atoms with Crippen LogP contribution in [-0.4, -0.2) is 28.2 Å². The molecule has 2 aromatic rings. The van der Waals surface area contributed by atoms with Gasteiger partial charge in [-0.3, -0.25) is 9.59 Å². The van der Waals surface area contributed by atoms with Crippen LogP contribution in [0.1, 0.15) is 114 Å². The molecule has 4 nitrogen and oxygen atoms in total. The zero-order chi connectivity index (χ0) is 27.2. The average molecular weight is 583 g/mol. The first-order chi connectivity index (χ1) is 18.5. The molecule has 1 aliphatic heterocycles. The van der Waals surface area contributed by atoms with E-state index in [1.54, 1.807) is 17.0 Å². The van der Waals surface area contributed by atoms with E-state index in [0.717, 1.165) is 29.3 Å². The molecule has 1 aliphatic rings. The smallest absolute Gasteiger partial charge is 0.295 e. The molecule has 38 heavy (non-hydrogen) atoms. The molecule has 1 amide bonds. The third-order valence-corrected chi connectivity index (χ3v) is 8.05. The van der Waals surface area contributed by atoms with Gasteiger partial charge in [0.2, 0.25) is 0 Å². The van der Waals surface area contributed by atoms with Gasteiger partial charge in [0.1, 0.15) is 5.76 Å². The Morgan fingerprint density at radius 3 is 1.76 bits per heavy atom. The van der Waals surface area contributed by atoms with E-state index in [1.807, 2.05) is 42.5 Å². The Balaban J connectivity index is 1.50. The highest BCUT2D eigenvalue weighted by molar-refractivity contribution is 9.10. The first kappa shape index (κ1) is 30.1. The minimum absolute atomic E-state index is 0.111. The maximum absolute atomic E-state index is 13.1. The van der Waals surface area contributed by atoms with Crippen LogP contribution in [0.2, 0.25) is 0 Å². The van der Waals surface area contributed by atoms with E-state index >= 15 is 0 Å². The number of rotatable bonds is 17. The van der Waals surface area contributed by atoms with Gasteiger partial charge in [0.15, 0.2) is 0 Å². The van der Waals surface area contributed by atoms with E-state index in [-0.39, 0.29) is 11.3 Å². The van der Waals surface area contributed by atoms with Crippen LogP contribution in [0.5, 0.6) is 0 Å². The summed E-state index contributed by atoms with van der Waals surface area (Å²) in [5.74, 6) is -1.24. The zero-order valence-electron chi connectivity index (χ0n) is 23.0. The summed E-state index contributed by atoms with van der Waals surface area (Å²) in [6, 6.07) is 16.1. The molecule has 0 spiro atoms. The van der Waals surface area contributed by atoms with Crippen molar-refractivity contribution in [1.29, 1.82) is 0 Å². The monoisotopic (exact) mass is 581 g/mol.